The quantitative estimate of drug-likeness (QED) is 0.345. The molecule has 2 N–H and O–H groups in total. The minimum atomic E-state index is -3.79. The van der Waals surface area contributed by atoms with E-state index in [0.29, 0.717) is 68.3 Å². The van der Waals surface area contributed by atoms with Crippen molar-refractivity contribution in [3.63, 3.8) is 0 Å². The van der Waals surface area contributed by atoms with Crippen LogP contribution in [0.2, 0.25) is 5.02 Å². The molecule has 0 radical (unpaired) electrons. The second-order valence-corrected chi connectivity index (χ2v) is 14.3. The lowest BCUT2D eigenvalue weighted by Crippen LogP contribution is -2.52. The summed E-state index contributed by atoms with van der Waals surface area (Å²) in [5.41, 5.74) is 3.23. The number of rotatable bonds is 9. The number of carboxylic acid groups (broad SMARTS) is 1. The summed E-state index contributed by atoms with van der Waals surface area (Å²) in [5.74, 6) is -0.129. The van der Waals surface area contributed by atoms with Crippen LogP contribution in [0.3, 0.4) is 0 Å². The predicted octanol–water partition coefficient (Wildman–Crippen LogP) is 4.99. The molecule has 2 aromatic carbocycles. The van der Waals surface area contributed by atoms with Gasteiger partial charge in [0.2, 0.25) is 15.9 Å². The number of carbonyl (C=O) groups excluding carboxylic acids is 1. The molecule has 1 aromatic heterocycles. The highest BCUT2D eigenvalue weighted by Crippen LogP contribution is 2.39. The topological polar surface area (TPSA) is 118 Å². The molecule has 1 aliphatic heterocycles. The molecule has 11 heteroatoms. The van der Waals surface area contributed by atoms with Crippen LogP contribution in [0.5, 0.6) is 0 Å². The van der Waals surface area contributed by atoms with Gasteiger partial charge in [0.05, 0.1) is 40.4 Å². The summed E-state index contributed by atoms with van der Waals surface area (Å²) in [4.78, 5) is 26.5. The van der Waals surface area contributed by atoms with Gasteiger partial charge in [-0.3, -0.25) is 9.59 Å². The summed E-state index contributed by atoms with van der Waals surface area (Å²) < 4.78 is 37.4. The zero-order valence-corrected chi connectivity index (χ0v) is 25.9. The van der Waals surface area contributed by atoms with Crippen LogP contribution in [0.1, 0.15) is 50.5 Å². The van der Waals surface area contributed by atoms with Crippen molar-refractivity contribution >= 4 is 44.4 Å². The van der Waals surface area contributed by atoms with Crippen molar-refractivity contribution in [2.45, 2.75) is 68.3 Å². The number of fused-ring (bicyclic) bond motifs is 1. The summed E-state index contributed by atoms with van der Waals surface area (Å²) in [6.07, 6.45) is 5.43. The number of morpholine rings is 1. The summed E-state index contributed by atoms with van der Waals surface area (Å²) in [6, 6.07) is 12.5. The van der Waals surface area contributed by atoms with Crippen molar-refractivity contribution in [2.75, 3.05) is 19.8 Å². The highest BCUT2D eigenvalue weighted by Gasteiger charge is 2.41. The molecule has 43 heavy (non-hydrogen) atoms. The molecule has 3 aliphatic rings. The molecule has 2 heterocycles. The molecule has 230 valence electrons. The predicted molar refractivity (Wildman–Crippen MR) is 164 cm³/mol. The normalized spacial score (nSPS) is 23.0. The second-order valence-electron chi connectivity index (χ2n) is 12.2. The van der Waals surface area contributed by atoms with Gasteiger partial charge in [0.15, 0.2) is 0 Å². The van der Waals surface area contributed by atoms with Crippen LogP contribution in [-0.4, -0.2) is 66.7 Å². The number of amides is 1. The van der Waals surface area contributed by atoms with E-state index < -0.39 is 16.0 Å². The lowest BCUT2D eigenvalue weighted by atomic mass is 9.85. The van der Waals surface area contributed by atoms with Crippen molar-refractivity contribution in [3.05, 3.63) is 53.1 Å². The van der Waals surface area contributed by atoms with Gasteiger partial charge in [-0.25, -0.2) is 13.1 Å². The van der Waals surface area contributed by atoms with Crippen LogP contribution in [0, 0.1) is 11.8 Å². The lowest BCUT2D eigenvalue weighted by Gasteiger charge is -2.39. The minimum absolute atomic E-state index is 0.0633. The number of sulfonamides is 1. The first-order valence-electron chi connectivity index (χ1n) is 15.1. The van der Waals surface area contributed by atoms with E-state index >= 15 is 0 Å². The number of nitrogens with one attached hydrogen (secondary N) is 1. The van der Waals surface area contributed by atoms with E-state index in [9.17, 15) is 18.0 Å². The fourth-order valence-corrected chi connectivity index (χ4v) is 8.41. The van der Waals surface area contributed by atoms with E-state index in [1.54, 1.807) is 18.2 Å². The Bertz CT molecular complexity index is 1620. The zero-order valence-electron chi connectivity index (χ0n) is 24.3. The minimum Gasteiger partial charge on any atom is -0.481 e. The Hall–Kier alpha value is -2.92. The number of nitrogens with zero attached hydrogens (tertiary/aromatic N) is 2. The average Bonchev–Trinajstić information content (AvgIpc) is 3.82. The van der Waals surface area contributed by atoms with Crippen molar-refractivity contribution < 1.29 is 27.9 Å². The number of hydrogen-bond acceptors (Lipinski definition) is 5. The molecule has 2 aliphatic carbocycles. The number of aryl methyl sites for hydroxylation is 2. The number of halogens is 1. The molecular weight excluding hydrogens is 590 g/mol. The Morgan fingerprint density at radius 3 is 2.44 bits per heavy atom. The lowest BCUT2D eigenvalue weighted by molar-refractivity contribution is -0.146. The fourth-order valence-electron chi connectivity index (χ4n) is 6.69. The molecule has 0 spiro atoms. The van der Waals surface area contributed by atoms with Gasteiger partial charge in [-0.1, -0.05) is 35.9 Å². The molecule has 1 atom stereocenters. The number of aliphatic carboxylic acids is 1. The van der Waals surface area contributed by atoms with Crippen molar-refractivity contribution in [1.82, 2.24) is 14.2 Å². The number of aromatic nitrogens is 1. The van der Waals surface area contributed by atoms with Gasteiger partial charge in [0.1, 0.15) is 0 Å². The number of ether oxygens (including phenoxy) is 1. The standard InChI is InChI=1S/C32H38ClN3O6S/c1-35-27-18-25(13-14-26(27)30(33)31(35)22-5-2-20(3-6-22)4-15-29(37)38)43(40,41)34-24-11-9-23(10-12-24)32(39)36-16-17-42-19-28(36)21-7-8-21/h2-3,5-6,13-14,18,21,23-24,28,34H,4,7-12,15-17,19H2,1H3,(H,37,38)/t23-,24-,28-/m1/s1. The smallest absolute Gasteiger partial charge is 0.303 e. The summed E-state index contributed by atoms with van der Waals surface area (Å²) >= 11 is 6.79. The van der Waals surface area contributed by atoms with Crippen LogP contribution in [0.15, 0.2) is 47.4 Å². The molecule has 1 amide bonds. The van der Waals surface area contributed by atoms with Gasteiger partial charge in [0, 0.05) is 37.4 Å². The highest BCUT2D eigenvalue weighted by molar-refractivity contribution is 7.89. The van der Waals surface area contributed by atoms with Gasteiger partial charge in [-0.2, -0.15) is 0 Å². The van der Waals surface area contributed by atoms with E-state index in [1.165, 1.54) is 0 Å². The van der Waals surface area contributed by atoms with Crippen LogP contribution in [0.4, 0.5) is 0 Å². The van der Waals surface area contributed by atoms with Crippen LogP contribution >= 0.6 is 11.6 Å². The Balaban J connectivity index is 1.13. The summed E-state index contributed by atoms with van der Waals surface area (Å²) in [7, 11) is -1.94. The van der Waals surface area contributed by atoms with E-state index in [0.717, 1.165) is 35.0 Å². The molecular formula is C32H38ClN3O6S. The maximum Gasteiger partial charge on any atom is 0.303 e. The van der Waals surface area contributed by atoms with Gasteiger partial charge in [0.25, 0.3) is 0 Å². The third-order valence-electron chi connectivity index (χ3n) is 9.29. The molecule has 3 aromatic rings. The van der Waals surface area contributed by atoms with Gasteiger partial charge < -0.3 is 19.3 Å². The molecule has 3 fully saturated rings. The summed E-state index contributed by atoms with van der Waals surface area (Å²) in [6.45, 7) is 1.87. The van der Waals surface area contributed by atoms with E-state index in [2.05, 4.69) is 4.72 Å². The first-order valence-corrected chi connectivity index (χ1v) is 17.0. The van der Waals surface area contributed by atoms with Gasteiger partial charge in [-0.05, 0) is 80.2 Å². The molecule has 2 saturated carbocycles. The van der Waals surface area contributed by atoms with Crippen molar-refractivity contribution in [3.8, 4) is 11.3 Å². The van der Waals surface area contributed by atoms with Crippen molar-refractivity contribution in [2.24, 2.45) is 18.9 Å². The van der Waals surface area contributed by atoms with Crippen LogP contribution < -0.4 is 4.72 Å². The monoisotopic (exact) mass is 627 g/mol. The third kappa shape index (κ3) is 6.34. The van der Waals surface area contributed by atoms with Gasteiger partial charge in [-0.15, -0.1) is 0 Å². The molecule has 6 rings (SSSR count). The van der Waals surface area contributed by atoms with E-state index in [-0.39, 0.29) is 35.2 Å². The highest BCUT2D eigenvalue weighted by atomic mass is 35.5. The first kappa shape index (κ1) is 30.1. The Morgan fingerprint density at radius 1 is 1.05 bits per heavy atom. The SMILES string of the molecule is Cn1c(-c2ccc(CCC(=O)O)cc2)c(Cl)c2ccc(S(=O)(=O)N[C@H]3CC[C@H](C(=O)N4CCOC[C@@H]4C4CC4)CC3)cc21. The Kier molecular flexibility index (Phi) is 8.56. The van der Waals surface area contributed by atoms with E-state index in [1.807, 2.05) is 40.8 Å². The van der Waals surface area contributed by atoms with Crippen LogP contribution in [-0.2, 0) is 37.8 Å². The molecule has 1 saturated heterocycles. The largest absolute Gasteiger partial charge is 0.481 e. The van der Waals surface area contributed by atoms with Gasteiger partial charge >= 0.3 is 5.97 Å². The number of carboxylic acids is 1. The Morgan fingerprint density at radius 2 is 1.77 bits per heavy atom. The first-order chi connectivity index (χ1) is 20.6. The molecule has 0 bridgehead atoms. The average molecular weight is 628 g/mol. The number of carbonyl (C=O) groups is 2. The number of benzene rings is 2. The maximum atomic E-state index is 13.5. The fraction of sp³-hybridized carbons (Fsp3) is 0.500. The number of hydrogen-bond donors (Lipinski definition) is 2. The van der Waals surface area contributed by atoms with E-state index in [4.69, 9.17) is 21.4 Å². The summed E-state index contributed by atoms with van der Waals surface area (Å²) in [5, 5.41) is 10.2. The maximum absolute atomic E-state index is 13.5. The third-order valence-corrected chi connectivity index (χ3v) is 11.2. The van der Waals surface area contributed by atoms with Crippen molar-refractivity contribution in [1.29, 1.82) is 0 Å². The second kappa shape index (κ2) is 12.2. The zero-order chi connectivity index (χ0) is 30.3. The molecule has 9 nitrogen and oxygen atoms in total. The Labute approximate surface area is 257 Å². The van der Waals surface area contributed by atoms with Crippen LogP contribution in [0.25, 0.3) is 22.2 Å². The molecule has 0 unspecified atom stereocenters.